The normalized spacial score (nSPS) is 16.8. The minimum Gasteiger partial charge on any atom is -0.463 e. The zero-order valence-electron chi connectivity index (χ0n) is 13.5. The SMILES string of the molecule is CCOC(=O)C1=C(COC(=O)c2ccc(F)cc2Cl)NC(=O)N[C@@H]1C. The maximum absolute atomic E-state index is 13.0. The number of urea groups is 1. The molecule has 0 fully saturated rings. The first-order valence-electron chi connectivity index (χ1n) is 7.43. The second-order valence-electron chi connectivity index (χ2n) is 5.13. The summed E-state index contributed by atoms with van der Waals surface area (Å²) in [5.41, 5.74) is 0.232. The number of esters is 2. The number of nitrogens with one attached hydrogen (secondary N) is 2. The average Bonchev–Trinajstić information content (AvgIpc) is 2.52. The summed E-state index contributed by atoms with van der Waals surface area (Å²) in [6.07, 6.45) is 0. The number of carbonyl (C=O) groups is 3. The van der Waals surface area contributed by atoms with E-state index in [0.717, 1.165) is 12.1 Å². The molecule has 0 saturated heterocycles. The van der Waals surface area contributed by atoms with Gasteiger partial charge in [0.25, 0.3) is 0 Å². The average molecular weight is 371 g/mol. The molecule has 1 aromatic rings. The van der Waals surface area contributed by atoms with E-state index < -0.39 is 29.8 Å². The van der Waals surface area contributed by atoms with Gasteiger partial charge in [0.05, 0.1) is 34.5 Å². The Kier molecular flexibility index (Phi) is 5.97. The summed E-state index contributed by atoms with van der Waals surface area (Å²) in [4.78, 5) is 35.8. The van der Waals surface area contributed by atoms with Crippen molar-refractivity contribution in [1.29, 1.82) is 0 Å². The maximum Gasteiger partial charge on any atom is 0.340 e. The van der Waals surface area contributed by atoms with Crippen LogP contribution in [0.25, 0.3) is 0 Å². The van der Waals surface area contributed by atoms with Gasteiger partial charge in [-0.25, -0.2) is 18.8 Å². The Balaban J connectivity index is 2.19. The molecule has 0 unspecified atom stereocenters. The molecule has 2 N–H and O–H groups in total. The third kappa shape index (κ3) is 4.48. The third-order valence-electron chi connectivity index (χ3n) is 3.36. The first-order chi connectivity index (χ1) is 11.8. The van der Waals surface area contributed by atoms with Crippen molar-refractivity contribution in [3.63, 3.8) is 0 Å². The second-order valence-corrected chi connectivity index (χ2v) is 5.54. The molecular formula is C16H16ClFN2O5. The summed E-state index contributed by atoms with van der Waals surface area (Å²) in [5.74, 6) is -2.04. The lowest BCUT2D eigenvalue weighted by Crippen LogP contribution is -2.50. The summed E-state index contributed by atoms with van der Waals surface area (Å²) in [6.45, 7) is 3.03. The zero-order valence-corrected chi connectivity index (χ0v) is 14.3. The first kappa shape index (κ1) is 18.7. The van der Waals surface area contributed by atoms with Crippen LogP contribution in [0.2, 0.25) is 5.02 Å². The number of hydrogen-bond donors (Lipinski definition) is 2. The number of hydrogen-bond acceptors (Lipinski definition) is 5. The number of benzene rings is 1. The van der Waals surface area contributed by atoms with Crippen LogP contribution >= 0.6 is 11.6 Å². The van der Waals surface area contributed by atoms with E-state index in [1.54, 1.807) is 13.8 Å². The van der Waals surface area contributed by atoms with Crippen molar-refractivity contribution in [3.05, 3.63) is 45.9 Å². The van der Waals surface area contributed by atoms with Gasteiger partial charge in [-0.05, 0) is 32.0 Å². The molecule has 0 bridgehead atoms. The number of halogens is 2. The Morgan fingerprint density at radius 2 is 2.00 bits per heavy atom. The predicted octanol–water partition coefficient (Wildman–Crippen LogP) is 2.15. The summed E-state index contributed by atoms with van der Waals surface area (Å²) >= 11 is 5.81. The van der Waals surface area contributed by atoms with Gasteiger partial charge in [-0.2, -0.15) is 0 Å². The monoisotopic (exact) mass is 370 g/mol. The highest BCUT2D eigenvalue weighted by Gasteiger charge is 2.30. The van der Waals surface area contributed by atoms with Crippen molar-refractivity contribution in [3.8, 4) is 0 Å². The molecule has 1 aliphatic heterocycles. The van der Waals surface area contributed by atoms with Crippen LogP contribution in [0.15, 0.2) is 29.5 Å². The van der Waals surface area contributed by atoms with E-state index in [1.807, 2.05) is 0 Å². The summed E-state index contributed by atoms with van der Waals surface area (Å²) in [7, 11) is 0. The molecule has 9 heteroatoms. The Labute approximate surface area is 148 Å². The molecule has 0 spiro atoms. The zero-order chi connectivity index (χ0) is 18.6. The van der Waals surface area contributed by atoms with Gasteiger partial charge in [0.2, 0.25) is 0 Å². The Bertz CT molecular complexity index is 750. The lowest BCUT2D eigenvalue weighted by atomic mass is 10.0. The van der Waals surface area contributed by atoms with Crippen LogP contribution in [0.1, 0.15) is 24.2 Å². The van der Waals surface area contributed by atoms with Crippen LogP contribution in [0.4, 0.5) is 9.18 Å². The van der Waals surface area contributed by atoms with Gasteiger partial charge in [-0.3, -0.25) is 0 Å². The van der Waals surface area contributed by atoms with Crippen LogP contribution in [-0.4, -0.2) is 37.2 Å². The molecule has 1 heterocycles. The molecule has 0 aromatic heterocycles. The predicted molar refractivity (Wildman–Crippen MR) is 86.5 cm³/mol. The highest BCUT2D eigenvalue weighted by Crippen LogP contribution is 2.19. The van der Waals surface area contributed by atoms with Gasteiger partial charge < -0.3 is 20.1 Å². The van der Waals surface area contributed by atoms with Gasteiger partial charge in [-0.1, -0.05) is 11.6 Å². The number of rotatable bonds is 5. The van der Waals surface area contributed by atoms with E-state index in [-0.39, 0.29) is 35.1 Å². The van der Waals surface area contributed by atoms with E-state index in [2.05, 4.69) is 10.6 Å². The highest BCUT2D eigenvalue weighted by molar-refractivity contribution is 6.33. The van der Waals surface area contributed by atoms with Crippen molar-refractivity contribution in [2.45, 2.75) is 19.9 Å². The minimum absolute atomic E-state index is 0.0327. The molecule has 0 saturated carbocycles. The first-order valence-corrected chi connectivity index (χ1v) is 7.81. The Hall–Kier alpha value is -2.61. The standard InChI is InChI=1S/C16H16ClFN2O5/c1-3-24-15(22)13-8(2)19-16(23)20-12(13)7-25-14(21)10-5-4-9(18)6-11(10)17/h4-6,8H,3,7H2,1-2H3,(H2,19,20,23)/t8-/m1/s1. The fraction of sp³-hybridized carbons (Fsp3) is 0.312. The van der Waals surface area contributed by atoms with Gasteiger partial charge in [-0.15, -0.1) is 0 Å². The van der Waals surface area contributed by atoms with Crippen LogP contribution in [0, 0.1) is 5.82 Å². The fourth-order valence-electron chi connectivity index (χ4n) is 2.26. The van der Waals surface area contributed by atoms with Gasteiger partial charge in [0.1, 0.15) is 12.4 Å². The smallest absolute Gasteiger partial charge is 0.340 e. The lowest BCUT2D eigenvalue weighted by Gasteiger charge is -2.26. The van der Waals surface area contributed by atoms with Crippen molar-refractivity contribution in [1.82, 2.24) is 10.6 Å². The molecular weight excluding hydrogens is 355 g/mol. The number of ether oxygens (including phenoxy) is 2. The molecule has 7 nitrogen and oxygen atoms in total. The van der Waals surface area contributed by atoms with Crippen LogP contribution in [0.3, 0.4) is 0 Å². The Morgan fingerprint density at radius 1 is 1.28 bits per heavy atom. The second kappa shape index (κ2) is 7.98. The molecule has 1 aliphatic rings. The highest BCUT2D eigenvalue weighted by atomic mass is 35.5. The van der Waals surface area contributed by atoms with Gasteiger partial charge in [0.15, 0.2) is 0 Å². The summed E-state index contributed by atoms with van der Waals surface area (Å²) in [5, 5.41) is 4.84. The molecule has 134 valence electrons. The molecule has 1 aromatic carbocycles. The van der Waals surface area contributed by atoms with Crippen molar-refractivity contribution < 1.29 is 28.2 Å². The van der Waals surface area contributed by atoms with Crippen molar-refractivity contribution in [2.24, 2.45) is 0 Å². The largest absolute Gasteiger partial charge is 0.463 e. The van der Waals surface area contributed by atoms with Crippen LogP contribution in [0.5, 0.6) is 0 Å². The maximum atomic E-state index is 13.0. The Morgan fingerprint density at radius 3 is 2.64 bits per heavy atom. The summed E-state index contributed by atoms with van der Waals surface area (Å²) in [6, 6.07) is 2.09. The van der Waals surface area contributed by atoms with Crippen LogP contribution in [-0.2, 0) is 14.3 Å². The van der Waals surface area contributed by atoms with E-state index >= 15 is 0 Å². The molecule has 0 aliphatic carbocycles. The summed E-state index contributed by atoms with van der Waals surface area (Å²) < 4.78 is 23.1. The molecule has 2 rings (SSSR count). The molecule has 1 atom stereocenters. The minimum atomic E-state index is -0.818. The van der Waals surface area contributed by atoms with E-state index in [0.29, 0.717) is 0 Å². The van der Waals surface area contributed by atoms with Crippen LogP contribution < -0.4 is 10.6 Å². The quantitative estimate of drug-likeness (QED) is 0.775. The fourth-order valence-corrected chi connectivity index (χ4v) is 2.51. The van der Waals surface area contributed by atoms with Crippen molar-refractivity contribution in [2.75, 3.05) is 13.2 Å². The molecule has 25 heavy (non-hydrogen) atoms. The van der Waals surface area contributed by atoms with Gasteiger partial charge in [0, 0.05) is 0 Å². The van der Waals surface area contributed by atoms with Gasteiger partial charge >= 0.3 is 18.0 Å². The van der Waals surface area contributed by atoms with E-state index in [1.165, 1.54) is 6.07 Å². The third-order valence-corrected chi connectivity index (χ3v) is 3.68. The van der Waals surface area contributed by atoms with E-state index in [4.69, 9.17) is 21.1 Å². The number of amides is 2. The van der Waals surface area contributed by atoms with E-state index in [9.17, 15) is 18.8 Å². The topological polar surface area (TPSA) is 93.7 Å². The lowest BCUT2D eigenvalue weighted by molar-refractivity contribution is -0.139. The number of carbonyl (C=O) groups excluding carboxylic acids is 3. The molecule has 2 amide bonds. The van der Waals surface area contributed by atoms with Crippen molar-refractivity contribution >= 4 is 29.6 Å². The molecule has 0 radical (unpaired) electrons.